The Morgan fingerprint density at radius 3 is 2.14 bits per heavy atom. The molecule has 2 aromatic carbocycles. The third-order valence-electron chi connectivity index (χ3n) is 4.44. The topological polar surface area (TPSA) is 101 Å². The van der Waals surface area contributed by atoms with Gasteiger partial charge in [-0.05, 0) is 130 Å². The molecule has 3 rings (SSSR count). The van der Waals surface area contributed by atoms with Crippen LogP contribution < -0.4 is 4.18 Å². The summed E-state index contributed by atoms with van der Waals surface area (Å²) in [6.45, 7) is 1.55. The highest BCUT2D eigenvalue weighted by Crippen LogP contribution is 2.39. The predicted octanol–water partition coefficient (Wildman–Crippen LogP) is 4.36. The Morgan fingerprint density at radius 2 is 1.54 bits per heavy atom. The Balaban J connectivity index is 2.18. The van der Waals surface area contributed by atoms with Gasteiger partial charge >= 0.3 is 10.1 Å². The van der Waals surface area contributed by atoms with Crippen LogP contribution in [-0.4, -0.2) is 21.4 Å². The number of rotatable bonds is 4. The Bertz CT molecular complexity index is 1170. The van der Waals surface area contributed by atoms with Gasteiger partial charge in [0.15, 0.2) is 0 Å². The van der Waals surface area contributed by atoms with Crippen molar-refractivity contribution in [1.29, 1.82) is 0 Å². The van der Waals surface area contributed by atoms with Crippen LogP contribution >= 0.6 is 67.8 Å². The van der Waals surface area contributed by atoms with Crippen molar-refractivity contribution < 1.29 is 25.6 Å². The molecule has 28 heavy (non-hydrogen) atoms. The molecule has 0 radical (unpaired) electrons. The van der Waals surface area contributed by atoms with E-state index in [-0.39, 0.29) is 15.5 Å². The first kappa shape index (κ1) is 23.0. The van der Waals surface area contributed by atoms with Gasteiger partial charge in [-0.3, -0.25) is 0 Å². The highest BCUT2D eigenvalue weighted by molar-refractivity contribution is 14.1. The maximum absolute atomic E-state index is 13.0. The zero-order chi connectivity index (χ0) is 20.9. The summed E-state index contributed by atoms with van der Waals surface area (Å²) in [6.07, 6.45) is 2.37. The lowest BCUT2D eigenvalue weighted by molar-refractivity contribution is 0.459. The number of hydrogen-bond acceptors (Lipinski definition) is 6. The molecule has 0 unspecified atom stereocenters. The van der Waals surface area contributed by atoms with Crippen LogP contribution in [0.15, 0.2) is 28.0 Å². The van der Waals surface area contributed by atoms with Gasteiger partial charge in [0.05, 0.1) is 4.90 Å². The van der Waals surface area contributed by atoms with Crippen molar-refractivity contribution in [3.8, 4) is 5.75 Å². The van der Waals surface area contributed by atoms with Crippen molar-refractivity contribution in [3.05, 3.63) is 45.6 Å². The second-order valence-electron chi connectivity index (χ2n) is 6.38. The van der Waals surface area contributed by atoms with Gasteiger partial charge in [-0.25, -0.2) is 8.42 Å². The maximum Gasteiger partial charge on any atom is 0.340 e. The van der Waals surface area contributed by atoms with E-state index in [9.17, 15) is 21.4 Å². The van der Waals surface area contributed by atoms with Crippen molar-refractivity contribution in [2.45, 2.75) is 42.4 Å². The fraction of sp³-hybridized carbons (Fsp3) is 0.294. The van der Waals surface area contributed by atoms with Gasteiger partial charge in [-0.2, -0.15) is 8.42 Å². The molecular weight excluding hydrogens is 745 g/mol. The minimum atomic E-state index is -4.66. The van der Waals surface area contributed by atoms with Crippen LogP contribution in [0.5, 0.6) is 5.75 Å². The molecule has 0 aliphatic heterocycles. The number of benzene rings is 2. The van der Waals surface area contributed by atoms with Crippen molar-refractivity contribution in [1.82, 2.24) is 0 Å². The van der Waals surface area contributed by atoms with Crippen LogP contribution in [0.2, 0.25) is 0 Å². The summed E-state index contributed by atoms with van der Waals surface area (Å²) in [4.78, 5) is -0.211. The molecule has 0 spiro atoms. The minimum Gasteiger partial charge on any atom is -0.744 e. The van der Waals surface area contributed by atoms with Crippen molar-refractivity contribution in [3.63, 3.8) is 0 Å². The van der Waals surface area contributed by atoms with E-state index < -0.39 is 20.2 Å². The van der Waals surface area contributed by atoms with E-state index in [2.05, 4.69) is 22.6 Å². The summed E-state index contributed by atoms with van der Waals surface area (Å²) in [5.74, 6) is 0.131. The molecule has 0 bridgehead atoms. The summed E-state index contributed by atoms with van der Waals surface area (Å²) in [6, 6.07) is 4.63. The first-order chi connectivity index (χ1) is 12.9. The second kappa shape index (κ2) is 8.43. The van der Waals surface area contributed by atoms with E-state index in [4.69, 9.17) is 4.18 Å². The van der Waals surface area contributed by atoms with E-state index in [1.165, 1.54) is 12.1 Å². The molecule has 0 saturated carbocycles. The van der Waals surface area contributed by atoms with Gasteiger partial charge in [-0.1, -0.05) is 0 Å². The van der Waals surface area contributed by atoms with Crippen LogP contribution in [0.4, 0.5) is 0 Å². The molecule has 1 aliphatic carbocycles. The summed E-state index contributed by atoms with van der Waals surface area (Å²) in [5, 5.41) is 0. The molecule has 0 heterocycles. The first-order valence-corrected chi connectivity index (χ1v) is 14.2. The normalized spacial score (nSPS) is 14.6. The maximum atomic E-state index is 13.0. The average molecular weight is 759 g/mol. The SMILES string of the molecule is Cc1cc(S(=O)(=O)[O-])c2c(c1OS(=O)(=O)c1cc(I)cc(I)c1I)CCCC2. The van der Waals surface area contributed by atoms with Gasteiger partial charge in [0.1, 0.15) is 20.8 Å². The van der Waals surface area contributed by atoms with Gasteiger partial charge in [0, 0.05) is 16.3 Å². The summed E-state index contributed by atoms with van der Waals surface area (Å²) < 4.78 is 68.7. The third kappa shape index (κ3) is 4.63. The van der Waals surface area contributed by atoms with Crippen molar-refractivity contribution in [2.24, 2.45) is 0 Å². The Kier molecular flexibility index (Phi) is 6.92. The molecule has 0 atom stereocenters. The largest absolute Gasteiger partial charge is 0.744 e. The molecule has 6 nitrogen and oxygen atoms in total. The highest BCUT2D eigenvalue weighted by Gasteiger charge is 2.28. The number of hydrogen-bond donors (Lipinski definition) is 0. The molecule has 0 aromatic heterocycles. The van der Waals surface area contributed by atoms with Gasteiger partial charge in [0.25, 0.3) is 0 Å². The lowest BCUT2D eigenvalue weighted by atomic mass is 9.89. The molecular formula is C17H14I3O6S2-. The standard InChI is InChI=1S/C17H15I3O6S2/c1-9-6-14(27(21,22)23)11-4-2-3-5-12(11)17(9)26-28(24,25)15-8-10(18)7-13(19)16(15)20/h6-8H,2-5H2,1H3,(H,21,22,23)/p-1. The fourth-order valence-electron chi connectivity index (χ4n) is 3.22. The Morgan fingerprint density at radius 1 is 0.929 bits per heavy atom. The lowest BCUT2D eigenvalue weighted by Gasteiger charge is -2.25. The molecule has 0 amide bonds. The molecule has 0 N–H and O–H groups in total. The molecule has 152 valence electrons. The molecule has 0 fully saturated rings. The van der Waals surface area contributed by atoms with Crippen LogP contribution in [-0.2, 0) is 33.1 Å². The Hall–Kier alpha value is 0.290. The van der Waals surface area contributed by atoms with Crippen molar-refractivity contribution in [2.75, 3.05) is 0 Å². The zero-order valence-corrected chi connectivity index (χ0v) is 22.6. The van der Waals surface area contributed by atoms with Crippen LogP contribution in [0.25, 0.3) is 0 Å². The van der Waals surface area contributed by atoms with Crippen LogP contribution in [0.3, 0.4) is 0 Å². The third-order valence-corrected chi connectivity index (χ3v) is 10.6. The molecule has 2 aromatic rings. The number of fused-ring (bicyclic) bond motifs is 1. The zero-order valence-electron chi connectivity index (χ0n) is 14.5. The van der Waals surface area contributed by atoms with E-state index in [1.807, 2.05) is 51.2 Å². The van der Waals surface area contributed by atoms with E-state index >= 15 is 0 Å². The van der Waals surface area contributed by atoms with Gasteiger partial charge < -0.3 is 8.74 Å². The Labute approximate surface area is 205 Å². The van der Waals surface area contributed by atoms with E-state index in [0.29, 0.717) is 33.1 Å². The lowest BCUT2D eigenvalue weighted by Crippen LogP contribution is -2.18. The van der Waals surface area contributed by atoms with Gasteiger partial charge in [0.2, 0.25) is 0 Å². The van der Waals surface area contributed by atoms with Crippen LogP contribution in [0.1, 0.15) is 29.5 Å². The molecule has 11 heteroatoms. The predicted molar refractivity (Wildman–Crippen MR) is 128 cm³/mol. The number of halogens is 3. The summed E-state index contributed by atoms with van der Waals surface area (Å²) in [5.41, 5.74) is 1.19. The average Bonchev–Trinajstić information content (AvgIpc) is 2.59. The smallest absolute Gasteiger partial charge is 0.340 e. The van der Waals surface area contributed by atoms with Gasteiger partial charge in [-0.15, -0.1) is 0 Å². The minimum absolute atomic E-state index is 0.0638. The fourth-order valence-corrected chi connectivity index (χ4v) is 8.57. The molecule has 0 saturated heterocycles. The highest BCUT2D eigenvalue weighted by atomic mass is 127. The molecule has 1 aliphatic rings. The summed E-state index contributed by atoms with van der Waals surface area (Å²) in [7, 11) is -8.79. The van der Waals surface area contributed by atoms with E-state index in [0.717, 1.165) is 20.0 Å². The van der Waals surface area contributed by atoms with E-state index in [1.54, 1.807) is 6.92 Å². The number of aryl methyl sites for hydroxylation is 1. The van der Waals surface area contributed by atoms with Crippen molar-refractivity contribution >= 4 is 88.0 Å². The first-order valence-electron chi connectivity index (χ1n) is 8.12. The van der Waals surface area contributed by atoms with Crippen LogP contribution in [0, 0.1) is 17.6 Å². The monoisotopic (exact) mass is 759 g/mol. The summed E-state index contributed by atoms with van der Waals surface area (Å²) >= 11 is 6.08. The second-order valence-corrected chi connectivity index (χ2v) is 12.7. The quantitative estimate of drug-likeness (QED) is 0.199.